The molecule has 186 valence electrons. The van der Waals surface area contributed by atoms with Crippen molar-refractivity contribution >= 4 is 50.9 Å². The molecule has 1 heterocycles. The molecule has 1 N–H and O–H groups in total. The van der Waals surface area contributed by atoms with E-state index >= 15 is 0 Å². The van der Waals surface area contributed by atoms with Crippen molar-refractivity contribution < 1.29 is 24.3 Å². The van der Waals surface area contributed by atoms with Crippen molar-refractivity contribution in [3.05, 3.63) is 62.1 Å². The number of imide groups is 1. The molecule has 1 aromatic carbocycles. The second-order valence-corrected chi connectivity index (χ2v) is 11.7. The molecule has 0 radical (unpaired) electrons. The third kappa shape index (κ3) is 3.50. The van der Waals surface area contributed by atoms with Crippen LogP contribution in [-0.4, -0.2) is 39.4 Å². The molecule has 0 aromatic heterocycles. The number of carbonyl (C=O) groups excluding carboxylic acids is 4. The Hall–Kier alpha value is -2.51. The van der Waals surface area contributed by atoms with Crippen LogP contribution in [-0.2, 0) is 19.2 Å². The number of likely N-dealkylation sites (tertiary alicyclic amines) is 1. The maximum Gasteiger partial charge on any atom is 0.233 e. The highest BCUT2D eigenvalue weighted by Gasteiger charge is 2.57. The van der Waals surface area contributed by atoms with Crippen LogP contribution in [0, 0.1) is 17.8 Å². The molecule has 4 atom stereocenters. The maximum atomic E-state index is 13.9. The Morgan fingerprint density at radius 2 is 1.75 bits per heavy atom. The average molecular weight is 571 g/mol. The topological polar surface area (TPSA) is 91.8 Å². The lowest BCUT2D eigenvalue weighted by Crippen LogP contribution is -2.43. The van der Waals surface area contributed by atoms with Crippen LogP contribution in [0.1, 0.15) is 56.4 Å². The van der Waals surface area contributed by atoms with Gasteiger partial charge in [0.05, 0.1) is 16.3 Å². The number of allylic oxidation sites excluding steroid dienone is 6. The number of hydrogen-bond acceptors (Lipinski definition) is 5. The third-order valence-corrected chi connectivity index (χ3v) is 9.52. The Morgan fingerprint density at radius 1 is 1.00 bits per heavy atom. The number of benzene rings is 1. The van der Waals surface area contributed by atoms with E-state index in [-0.39, 0.29) is 57.0 Å². The van der Waals surface area contributed by atoms with E-state index in [1.54, 1.807) is 6.07 Å². The first kappa shape index (κ1) is 23.9. The van der Waals surface area contributed by atoms with Crippen molar-refractivity contribution in [2.75, 3.05) is 0 Å². The van der Waals surface area contributed by atoms with Gasteiger partial charge in [-0.25, -0.2) is 0 Å². The number of nitrogens with zero attached hydrogens (tertiary/aromatic N) is 1. The van der Waals surface area contributed by atoms with E-state index in [1.165, 1.54) is 23.1 Å². The minimum Gasteiger partial charge on any atom is -0.508 e. The summed E-state index contributed by atoms with van der Waals surface area (Å²) in [5, 5.41) is 10.2. The first-order valence-corrected chi connectivity index (χ1v) is 13.7. The summed E-state index contributed by atoms with van der Waals surface area (Å²) in [5.74, 6) is -2.79. The van der Waals surface area contributed by atoms with E-state index in [9.17, 15) is 24.3 Å². The number of rotatable bonds is 2. The Bertz CT molecular complexity index is 1320. The maximum absolute atomic E-state index is 13.9. The zero-order valence-electron chi connectivity index (χ0n) is 19.5. The van der Waals surface area contributed by atoms with Crippen LogP contribution in [0.3, 0.4) is 0 Å². The number of halogens is 2. The van der Waals surface area contributed by atoms with Crippen LogP contribution in [0.2, 0.25) is 5.02 Å². The largest absolute Gasteiger partial charge is 0.508 e. The predicted molar refractivity (Wildman–Crippen MR) is 136 cm³/mol. The van der Waals surface area contributed by atoms with E-state index in [4.69, 9.17) is 11.6 Å². The number of fused-ring (bicyclic) bond motifs is 3. The highest BCUT2D eigenvalue weighted by atomic mass is 79.9. The van der Waals surface area contributed by atoms with Crippen molar-refractivity contribution in [2.45, 2.75) is 56.9 Å². The van der Waals surface area contributed by atoms with Crippen molar-refractivity contribution in [1.29, 1.82) is 0 Å². The standard InChI is InChI=1S/C28H25BrClNO5/c29-20-12-22(33)25-19(26(20)34)11-18-15(23(25)16-7-6-14(32)10-21(16)30)8-9-17-24(18)28(36)31(27(17)35)13-4-2-1-3-5-13/h6-8,10,12-13,17-18,23-24,32H,1-5,9,11H2. The molecule has 1 aliphatic heterocycles. The Morgan fingerprint density at radius 3 is 2.47 bits per heavy atom. The van der Waals surface area contributed by atoms with Crippen LogP contribution in [0.4, 0.5) is 0 Å². The quantitative estimate of drug-likeness (QED) is 0.302. The Labute approximate surface area is 222 Å². The molecule has 4 aliphatic carbocycles. The summed E-state index contributed by atoms with van der Waals surface area (Å²) in [6.45, 7) is 0. The Balaban J connectivity index is 1.47. The second-order valence-electron chi connectivity index (χ2n) is 10.4. The van der Waals surface area contributed by atoms with Crippen molar-refractivity contribution in [3.8, 4) is 5.75 Å². The summed E-state index contributed by atoms with van der Waals surface area (Å²) in [7, 11) is 0. The van der Waals surface area contributed by atoms with Gasteiger partial charge in [-0.05, 0) is 65.2 Å². The van der Waals surface area contributed by atoms with Crippen LogP contribution >= 0.6 is 27.5 Å². The van der Waals surface area contributed by atoms with Gasteiger partial charge >= 0.3 is 0 Å². The lowest BCUT2D eigenvalue weighted by atomic mass is 9.59. The van der Waals surface area contributed by atoms with Gasteiger partial charge in [0.1, 0.15) is 5.75 Å². The fourth-order valence-corrected chi connectivity index (χ4v) is 7.77. The van der Waals surface area contributed by atoms with E-state index in [1.807, 2.05) is 6.08 Å². The number of amides is 2. The van der Waals surface area contributed by atoms with Crippen molar-refractivity contribution in [3.63, 3.8) is 0 Å². The van der Waals surface area contributed by atoms with E-state index in [0.717, 1.165) is 37.7 Å². The van der Waals surface area contributed by atoms with Gasteiger partial charge in [-0.1, -0.05) is 48.6 Å². The lowest BCUT2D eigenvalue weighted by Gasteiger charge is -2.42. The number of Topliss-reactive ketones (excluding diaryl/α,β-unsaturated/α-hetero) is 1. The number of phenols is 1. The molecule has 2 fully saturated rings. The van der Waals surface area contributed by atoms with Gasteiger partial charge in [0, 0.05) is 34.2 Å². The molecule has 4 unspecified atom stereocenters. The number of phenolic OH excluding ortho intramolecular Hbond substituents is 1. The monoisotopic (exact) mass is 569 g/mol. The molecule has 2 amide bonds. The molecule has 0 bridgehead atoms. The lowest BCUT2D eigenvalue weighted by molar-refractivity contribution is -0.143. The van der Waals surface area contributed by atoms with Crippen molar-refractivity contribution in [2.24, 2.45) is 17.8 Å². The van der Waals surface area contributed by atoms with Gasteiger partial charge in [0.25, 0.3) is 0 Å². The zero-order chi connectivity index (χ0) is 25.3. The number of ketones is 2. The summed E-state index contributed by atoms with van der Waals surface area (Å²) in [6.07, 6.45) is 8.77. The molecule has 0 spiro atoms. The summed E-state index contributed by atoms with van der Waals surface area (Å²) in [6, 6.07) is 4.54. The molecule has 6 nitrogen and oxygen atoms in total. The molecule has 5 aliphatic rings. The molecule has 8 heteroatoms. The van der Waals surface area contributed by atoms with E-state index < -0.39 is 17.8 Å². The fourth-order valence-electron chi connectivity index (χ4n) is 7.04. The summed E-state index contributed by atoms with van der Waals surface area (Å²) >= 11 is 9.80. The summed E-state index contributed by atoms with van der Waals surface area (Å²) in [4.78, 5) is 55.4. The Kier molecular flexibility index (Phi) is 5.84. The van der Waals surface area contributed by atoms with Gasteiger partial charge < -0.3 is 5.11 Å². The van der Waals surface area contributed by atoms with Crippen molar-refractivity contribution in [1.82, 2.24) is 4.90 Å². The smallest absolute Gasteiger partial charge is 0.233 e. The summed E-state index contributed by atoms with van der Waals surface area (Å²) < 4.78 is 0.194. The van der Waals surface area contributed by atoms with Gasteiger partial charge in [-0.3, -0.25) is 24.1 Å². The molecule has 36 heavy (non-hydrogen) atoms. The highest BCUT2D eigenvalue weighted by Crippen LogP contribution is 2.56. The van der Waals surface area contributed by atoms with Crippen LogP contribution < -0.4 is 0 Å². The van der Waals surface area contributed by atoms with Gasteiger partial charge in [0.2, 0.25) is 11.8 Å². The minimum absolute atomic E-state index is 0.00335. The van der Waals surface area contributed by atoms with Crippen LogP contribution in [0.5, 0.6) is 5.75 Å². The molecular weight excluding hydrogens is 546 g/mol. The third-order valence-electron chi connectivity index (χ3n) is 8.60. The zero-order valence-corrected chi connectivity index (χ0v) is 21.8. The number of carbonyl (C=O) groups is 4. The van der Waals surface area contributed by atoms with Crippen LogP contribution in [0.15, 0.2) is 51.6 Å². The number of hydrogen-bond donors (Lipinski definition) is 1. The number of aromatic hydroxyl groups is 1. The second kappa shape index (κ2) is 8.80. The summed E-state index contributed by atoms with van der Waals surface area (Å²) in [5.41, 5.74) is 2.21. The molecule has 1 saturated heterocycles. The molecule has 1 aromatic rings. The van der Waals surface area contributed by atoms with E-state index in [2.05, 4.69) is 15.9 Å². The van der Waals surface area contributed by atoms with Gasteiger partial charge in [0.15, 0.2) is 11.6 Å². The normalized spacial score (nSPS) is 30.7. The van der Waals surface area contributed by atoms with Crippen LogP contribution in [0.25, 0.3) is 0 Å². The highest BCUT2D eigenvalue weighted by molar-refractivity contribution is 9.12. The first-order valence-electron chi connectivity index (χ1n) is 12.5. The molecule has 1 saturated carbocycles. The first-order chi connectivity index (χ1) is 17.3. The fraction of sp³-hybridized carbons (Fsp3) is 0.429. The van der Waals surface area contributed by atoms with Gasteiger partial charge in [-0.15, -0.1) is 0 Å². The average Bonchev–Trinajstić information content (AvgIpc) is 3.12. The minimum atomic E-state index is -0.618. The molecule has 6 rings (SSSR count). The van der Waals surface area contributed by atoms with Gasteiger partial charge in [-0.2, -0.15) is 0 Å². The predicted octanol–water partition coefficient (Wildman–Crippen LogP) is 5.14. The molecular formula is C28H25BrClNO5. The van der Waals surface area contributed by atoms with E-state index in [0.29, 0.717) is 23.1 Å². The SMILES string of the molecule is O=C1C=C(Br)C(=O)C2=C1C(c1ccc(O)cc1Cl)C1=CCC3C(=O)N(C4CCCCC4)C(=O)C3C1C2.